The lowest BCUT2D eigenvalue weighted by Crippen LogP contribution is -2.30. The summed E-state index contributed by atoms with van der Waals surface area (Å²) in [6.45, 7) is 15.2. The molecule has 0 amide bonds. The van der Waals surface area contributed by atoms with Crippen LogP contribution < -0.4 is 5.56 Å². The average molecular weight is 408 g/mol. The number of nitrogens with one attached hydrogen (secondary N) is 1. The first-order valence-corrected chi connectivity index (χ1v) is 10.4. The number of hydrogen-bond acceptors (Lipinski definition) is 3. The van der Waals surface area contributed by atoms with Crippen LogP contribution in [-0.4, -0.2) is 16.1 Å². The summed E-state index contributed by atoms with van der Waals surface area (Å²) in [5, 5.41) is 9.84. The Labute approximate surface area is 176 Å². The minimum Gasteiger partial charge on any atom is -0.481 e. The van der Waals surface area contributed by atoms with Crippen molar-refractivity contribution in [1.29, 1.82) is 0 Å². The lowest BCUT2D eigenvalue weighted by atomic mass is 9.71. The number of aliphatic carboxylic acids is 1. The van der Waals surface area contributed by atoms with Crippen LogP contribution in [-0.2, 0) is 22.0 Å². The number of aryl methyl sites for hydroxylation is 2. The highest BCUT2D eigenvalue weighted by Gasteiger charge is 2.48. The van der Waals surface area contributed by atoms with Crippen LogP contribution in [0.1, 0.15) is 62.6 Å². The van der Waals surface area contributed by atoms with Crippen LogP contribution in [0.4, 0.5) is 0 Å². The smallest absolute Gasteiger partial charge is 0.307 e. The molecule has 0 fully saturated rings. The van der Waals surface area contributed by atoms with E-state index in [1.165, 1.54) is 11.1 Å². The Morgan fingerprint density at radius 3 is 2.30 bits per heavy atom. The van der Waals surface area contributed by atoms with Crippen LogP contribution >= 0.6 is 0 Å². The van der Waals surface area contributed by atoms with E-state index in [4.69, 9.17) is 4.42 Å². The van der Waals surface area contributed by atoms with Crippen LogP contribution in [0, 0.1) is 19.8 Å². The van der Waals surface area contributed by atoms with Gasteiger partial charge in [0.2, 0.25) is 0 Å². The van der Waals surface area contributed by atoms with E-state index < -0.39 is 5.97 Å². The second kappa shape index (κ2) is 6.34. The van der Waals surface area contributed by atoms with E-state index in [1.807, 2.05) is 6.92 Å². The number of aromatic amines is 1. The van der Waals surface area contributed by atoms with Gasteiger partial charge in [-0.2, -0.15) is 0 Å². The van der Waals surface area contributed by atoms with Gasteiger partial charge >= 0.3 is 5.97 Å². The third kappa shape index (κ3) is 2.75. The molecule has 5 heteroatoms. The van der Waals surface area contributed by atoms with Gasteiger partial charge in [0, 0.05) is 22.9 Å². The van der Waals surface area contributed by atoms with Crippen LogP contribution in [0.2, 0.25) is 0 Å². The molecule has 158 valence electrons. The molecule has 30 heavy (non-hydrogen) atoms. The van der Waals surface area contributed by atoms with Gasteiger partial charge in [-0.1, -0.05) is 40.7 Å². The highest BCUT2D eigenvalue weighted by molar-refractivity contribution is 5.92. The Bertz CT molecular complexity index is 1260. The first-order chi connectivity index (χ1) is 13.9. The van der Waals surface area contributed by atoms with Crippen molar-refractivity contribution in [2.24, 2.45) is 5.92 Å². The van der Waals surface area contributed by atoms with Crippen molar-refractivity contribution in [3.8, 4) is 11.3 Å². The number of hydrogen-bond donors (Lipinski definition) is 2. The van der Waals surface area contributed by atoms with Gasteiger partial charge in [0.15, 0.2) is 0 Å². The molecular weight excluding hydrogens is 378 g/mol. The minimum absolute atomic E-state index is 0.0334. The van der Waals surface area contributed by atoms with Gasteiger partial charge in [-0.05, 0) is 53.4 Å². The fourth-order valence-corrected chi connectivity index (χ4v) is 5.23. The van der Waals surface area contributed by atoms with Crippen molar-refractivity contribution in [1.82, 2.24) is 4.98 Å². The highest BCUT2D eigenvalue weighted by Crippen LogP contribution is 2.55. The van der Waals surface area contributed by atoms with E-state index in [0.29, 0.717) is 33.9 Å². The average Bonchev–Trinajstić information content (AvgIpc) is 3.02. The molecule has 2 heterocycles. The van der Waals surface area contributed by atoms with Crippen LogP contribution in [0.15, 0.2) is 27.4 Å². The summed E-state index contributed by atoms with van der Waals surface area (Å²) in [5.41, 5.74) is 5.69. The fraction of sp³-hybridized carbons (Fsp3) is 0.440. The second-order valence-corrected chi connectivity index (χ2v) is 9.88. The molecule has 0 saturated heterocycles. The summed E-state index contributed by atoms with van der Waals surface area (Å²) in [7, 11) is 0. The van der Waals surface area contributed by atoms with Crippen LogP contribution in [0.5, 0.6) is 0 Å². The van der Waals surface area contributed by atoms with E-state index in [-0.39, 0.29) is 22.8 Å². The molecule has 1 atom stereocenters. The Balaban J connectivity index is 2.05. The van der Waals surface area contributed by atoms with Gasteiger partial charge in [0.25, 0.3) is 5.56 Å². The van der Waals surface area contributed by atoms with E-state index in [2.05, 4.69) is 51.7 Å². The topological polar surface area (TPSA) is 83.3 Å². The van der Waals surface area contributed by atoms with Gasteiger partial charge in [0.05, 0.1) is 11.8 Å². The second-order valence-electron chi connectivity index (χ2n) is 9.88. The van der Waals surface area contributed by atoms with Crippen molar-refractivity contribution >= 4 is 16.9 Å². The van der Waals surface area contributed by atoms with Crippen molar-refractivity contribution in [2.75, 3.05) is 0 Å². The molecule has 1 aliphatic rings. The quantitative estimate of drug-likeness (QED) is 0.622. The van der Waals surface area contributed by atoms with Crippen LogP contribution in [0.3, 0.4) is 0 Å². The highest BCUT2D eigenvalue weighted by atomic mass is 16.4. The zero-order valence-electron chi connectivity index (χ0n) is 18.7. The van der Waals surface area contributed by atoms with Gasteiger partial charge < -0.3 is 14.5 Å². The van der Waals surface area contributed by atoms with Crippen molar-refractivity contribution in [3.05, 3.63) is 56.5 Å². The molecule has 0 unspecified atom stereocenters. The Morgan fingerprint density at radius 2 is 1.70 bits per heavy atom. The molecule has 0 bridgehead atoms. The normalized spacial score (nSPS) is 19.2. The zero-order chi connectivity index (χ0) is 22.2. The number of furan rings is 1. The summed E-state index contributed by atoms with van der Waals surface area (Å²) in [4.78, 5) is 27.0. The molecule has 4 rings (SSSR count). The molecule has 0 spiro atoms. The third-order valence-electron chi connectivity index (χ3n) is 7.41. The summed E-state index contributed by atoms with van der Waals surface area (Å²) < 4.78 is 6.15. The molecule has 5 nitrogen and oxygen atoms in total. The van der Waals surface area contributed by atoms with Gasteiger partial charge in [-0.15, -0.1) is 0 Å². The molecule has 0 saturated carbocycles. The van der Waals surface area contributed by atoms with E-state index in [9.17, 15) is 14.7 Å². The van der Waals surface area contributed by atoms with Crippen molar-refractivity contribution in [3.63, 3.8) is 0 Å². The molecule has 3 aromatic rings. The van der Waals surface area contributed by atoms with Gasteiger partial charge in [0.1, 0.15) is 11.3 Å². The number of carboxylic acids is 1. The summed E-state index contributed by atoms with van der Waals surface area (Å²) in [5.74, 6) is -0.0703. The number of pyridine rings is 1. The Hall–Kier alpha value is -2.82. The third-order valence-corrected chi connectivity index (χ3v) is 7.41. The first kappa shape index (κ1) is 20.5. The molecule has 1 aliphatic carbocycles. The number of benzene rings is 1. The fourth-order valence-electron chi connectivity index (χ4n) is 5.23. The lowest BCUT2D eigenvalue weighted by Gasteiger charge is -2.32. The van der Waals surface area contributed by atoms with E-state index >= 15 is 0 Å². The van der Waals surface area contributed by atoms with Crippen LogP contribution in [0.25, 0.3) is 22.3 Å². The van der Waals surface area contributed by atoms with Crippen molar-refractivity contribution < 1.29 is 14.3 Å². The Morgan fingerprint density at radius 1 is 1.10 bits per heavy atom. The maximum absolute atomic E-state index is 12.6. The zero-order valence-corrected chi connectivity index (χ0v) is 18.7. The number of H-pyrrole nitrogens is 1. The predicted octanol–water partition coefficient (Wildman–Crippen LogP) is 5.24. The summed E-state index contributed by atoms with van der Waals surface area (Å²) >= 11 is 0. The molecule has 2 aromatic heterocycles. The molecule has 2 N–H and O–H groups in total. The van der Waals surface area contributed by atoms with Gasteiger partial charge in [-0.25, -0.2) is 0 Å². The molecule has 0 aliphatic heterocycles. The largest absolute Gasteiger partial charge is 0.481 e. The SMILES string of the molecule is Cc1cc2oc(-c3cc4c(cc3C)C(C)(C)[C@H](C)C4(C)C)c(CC(=O)O)c2c(=O)[nH]1. The van der Waals surface area contributed by atoms with Crippen molar-refractivity contribution in [2.45, 2.75) is 65.7 Å². The van der Waals surface area contributed by atoms with E-state index in [0.717, 1.165) is 11.1 Å². The maximum Gasteiger partial charge on any atom is 0.307 e. The first-order valence-electron chi connectivity index (χ1n) is 10.4. The maximum atomic E-state index is 12.6. The number of carboxylic acid groups (broad SMARTS) is 1. The number of carbonyl (C=O) groups is 1. The predicted molar refractivity (Wildman–Crippen MR) is 118 cm³/mol. The molecule has 1 aromatic carbocycles. The van der Waals surface area contributed by atoms with Gasteiger partial charge in [-0.3, -0.25) is 9.59 Å². The van der Waals surface area contributed by atoms with E-state index in [1.54, 1.807) is 13.0 Å². The number of fused-ring (bicyclic) bond motifs is 2. The number of aromatic nitrogens is 1. The number of rotatable bonds is 3. The minimum atomic E-state index is -0.993. The molecular formula is C25H29NO4. The Kier molecular flexibility index (Phi) is 4.32. The molecule has 0 radical (unpaired) electrons. The summed E-state index contributed by atoms with van der Waals surface area (Å²) in [6.07, 6.45) is -0.268. The lowest BCUT2D eigenvalue weighted by molar-refractivity contribution is -0.136. The summed E-state index contributed by atoms with van der Waals surface area (Å²) in [6, 6.07) is 6.12. The monoisotopic (exact) mass is 407 g/mol. The standard InChI is InChI=1S/C25H29NO4/c1-12-8-17-18(25(6,7)14(3)24(17,4)5)10-15(12)22-16(11-20(27)28)21-19(30-22)9-13(2)26-23(21)29/h8-10,14H,11H2,1-7H3,(H,26,29)(H,27,28)/t14-/m0/s1.